The van der Waals surface area contributed by atoms with Gasteiger partial charge in [0.25, 0.3) is 0 Å². The van der Waals surface area contributed by atoms with E-state index in [1.807, 2.05) is 0 Å². The van der Waals surface area contributed by atoms with Crippen LogP contribution in [-0.2, 0) is 20.2 Å². The quantitative estimate of drug-likeness (QED) is 0.524. The number of hydrogen-bond donors (Lipinski definition) is 1. The van der Waals surface area contributed by atoms with E-state index in [0.717, 1.165) is 5.56 Å². The highest BCUT2D eigenvalue weighted by Crippen LogP contribution is 2.37. The summed E-state index contributed by atoms with van der Waals surface area (Å²) in [6.07, 6.45) is 3.08. The molecule has 0 radical (unpaired) electrons. The van der Waals surface area contributed by atoms with Crippen LogP contribution in [0.2, 0.25) is 0 Å². The molecule has 0 aliphatic rings. The van der Waals surface area contributed by atoms with Crippen molar-refractivity contribution in [1.82, 2.24) is 0 Å². The van der Waals surface area contributed by atoms with Crippen LogP contribution in [0, 0.1) is 4.78 Å². The normalized spacial score (nSPS) is 13.5. The molecule has 3 aromatic rings. The molecule has 1 unspecified atom stereocenters. The Bertz CT molecular complexity index is 1130. The number of furan rings is 1. The maximum atomic E-state index is 13.2. The zero-order valence-electron chi connectivity index (χ0n) is 17.4. The Kier molecular flexibility index (Phi) is 6.03. The molecule has 6 nitrogen and oxygen atoms in total. The number of ether oxygens (including phenoxy) is 2. The highest BCUT2D eigenvalue weighted by molar-refractivity contribution is 7.91. The number of carbonyl (C=O) groups excluding carboxylic acids is 1. The van der Waals surface area contributed by atoms with Crippen LogP contribution in [0.1, 0.15) is 36.7 Å². The van der Waals surface area contributed by atoms with Crippen molar-refractivity contribution in [1.29, 1.82) is 4.78 Å². The summed E-state index contributed by atoms with van der Waals surface area (Å²) in [7, 11) is -1.72. The molecule has 0 aliphatic carbocycles. The van der Waals surface area contributed by atoms with Crippen molar-refractivity contribution in [3.63, 3.8) is 0 Å². The van der Waals surface area contributed by atoms with Crippen LogP contribution in [0.4, 0.5) is 0 Å². The van der Waals surface area contributed by atoms with E-state index in [4.69, 9.17) is 18.7 Å². The molecule has 7 heteroatoms. The van der Waals surface area contributed by atoms with Gasteiger partial charge in [0.1, 0.15) is 16.9 Å². The molecule has 2 aromatic carbocycles. The second kappa shape index (κ2) is 8.36. The monoisotopic (exact) mass is 427 g/mol. The number of rotatable bonds is 6. The lowest BCUT2D eigenvalue weighted by molar-refractivity contribution is 0.00657. The molecular formula is C23H25NO5S. The molecule has 158 valence electrons. The zero-order valence-corrected chi connectivity index (χ0v) is 18.2. The minimum absolute atomic E-state index is 0.145. The Balaban J connectivity index is 2.16. The molecule has 0 fully saturated rings. The van der Waals surface area contributed by atoms with Gasteiger partial charge in [-0.1, -0.05) is 30.3 Å². The lowest BCUT2D eigenvalue weighted by Gasteiger charge is -2.23. The van der Waals surface area contributed by atoms with E-state index >= 15 is 0 Å². The highest BCUT2D eigenvalue weighted by atomic mass is 32.2. The molecule has 0 saturated carbocycles. The first-order valence-corrected chi connectivity index (χ1v) is 11.1. The summed E-state index contributed by atoms with van der Waals surface area (Å²) in [5.74, 6) is -0.442. The SMILES string of the molecule is COc1c(-c2ccoc2)ccc(CS(=N)(=O)c2ccccc2)c1C(=O)OC(C)(C)C. The van der Waals surface area contributed by atoms with E-state index in [0.29, 0.717) is 21.8 Å². The van der Waals surface area contributed by atoms with Gasteiger partial charge in [-0.15, -0.1) is 0 Å². The Morgan fingerprint density at radius 2 is 1.80 bits per heavy atom. The van der Waals surface area contributed by atoms with Crippen LogP contribution in [0.5, 0.6) is 5.75 Å². The number of benzene rings is 2. The van der Waals surface area contributed by atoms with E-state index in [-0.39, 0.29) is 11.3 Å². The number of hydrogen-bond acceptors (Lipinski definition) is 6. The third-order valence-corrected chi connectivity index (χ3v) is 6.12. The maximum absolute atomic E-state index is 13.2. The van der Waals surface area contributed by atoms with Crippen LogP contribution in [-0.4, -0.2) is 22.9 Å². The molecule has 30 heavy (non-hydrogen) atoms. The Hall–Kier alpha value is -3.06. The van der Waals surface area contributed by atoms with Crippen molar-refractivity contribution in [2.45, 2.75) is 37.0 Å². The number of nitrogens with one attached hydrogen (secondary N) is 1. The average molecular weight is 428 g/mol. The molecule has 1 aromatic heterocycles. The lowest BCUT2D eigenvalue weighted by atomic mass is 9.99. The minimum atomic E-state index is -3.19. The molecule has 0 aliphatic heterocycles. The molecule has 0 spiro atoms. The van der Waals surface area contributed by atoms with Crippen LogP contribution in [0.3, 0.4) is 0 Å². The molecule has 3 rings (SSSR count). The summed E-state index contributed by atoms with van der Waals surface area (Å²) in [6, 6.07) is 13.8. The summed E-state index contributed by atoms with van der Waals surface area (Å²) in [5.41, 5.74) is 1.25. The maximum Gasteiger partial charge on any atom is 0.342 e. The van der Waals surface area contributed by atoms with Gasteiger partial charge in [0.05, 0.1) is 35.1 Å². The minimum Gasteiger partial charge on any atom is -0.495 e. The zero-order chi connectivity index (χ0) is 21.9. The van der Waals surface area contributed by atoms with E-state index in [9.17, 15) is 9.00 Å². The highest BCUT2D eigenvalue weighted by Gasteiger charge is 2.28. The van der Waals surface area contributed by atoms with E-state index < -0.39 is 21.3 Å². The lowest BCUT2D eigenvalue weighted by Crippen LogP contribution is -2.25. The van der Waals surface area contributed by atoms with Crippen molar-refractivity contribution in [2.24, 2.45) is 0 Å². The molecule has 0 amide bonds. The Morgan fingerprint density at radius 1 is 1.10 bits per heavy atom. The standard InChI is InChI=1S/C23H25NO5S/c1-23(2,3)29-22(25)20-17(15-30(24,26)18-8-6-5-7-9-18)10-11-19(21(20)27-4)16-12-13-28-14-16/h5-14,24H,15H2,1-4H3. The summed E-state index contributed by atoms with van der Waals surface area (Å²) in [6.45, 7) is 5.32. The molecule has 1 N–H and O–H groups in total. The van der Waals surface area contributed by atoms with Gasteiger partial charge >= 0.3 is 5.97 Å². The first kappa shape index (κ1) is 21.6. The van der Waals surface area contributed by atoms with Crippen LogP contribution >= 0.6 is 0 Å². The number of methoxy groups -OCH3 is 1. The Morgan fingerprint density at radius 3 is 2.37 bits per heavy atom. The van der Waals surface area contributed by atoms with E-state index in [1.165, 1.54) is 13.4 Å². The largest absolute Gasteiger partial charge is 0.495 e. The summed E-state index contributed by atoms with van der Waals surface area (Å²) in [5, 5.41) is 0. The van der Waals surface area contributed by atoms with Gasteiger partial charge in [-0.25, -0.2) is 13.8 Å². The molecule has 1 heterocycles. The van der Waals surface area contributed by atoms with Gasteiger partial charge in [0.15, 0.2) is 0 Å². The fourth-order valence-corrected chi connectivity index (χ4v) is 4.54. The second-order valence-corrected chi connectivity index (χ2v) is 9.94. The van der Waals surface area contributed by atoms with Gasteiger partial charge in [0, 0.05) is 16.0 Å². The van der Waals surface area contributed by atoms with Crippen molar-refractivity contribution in [3.8, 4) is 16.9 Å². The topological polar surface area (TPSA) is 89.6 Å². The van der Waals surface area contributed by atoms with Gasteiger partial charge in [-0.3, -0.25) is 0 Å². The molecule has 0 saturated heterocycles. The first-order chi connectivity index (χ1) is 14.1. The average Bonchev–Trinajstić information content (AvgIpc) is 3.21. The van der Waals surface area contributed by atoms with Crippen molar-refractivity contribution in [3.05, 3.63) is 72.2 Å². The summed E-state index contributed by atoms with van der Waals surface area (Å²) in [4.78, 5) is 13.5. The van der Waals surface area contributed by atoms with Crippen LogP contribution < -0.4 is 4.74 Å². The predicted molar refractivity (Wildman–Crippen MR) is 115 cm³/mol. The van der Waals surface area contributed by atoms with Gasteiger partial charge in [-0.2, -0.15) is 0 Å². The van der Waals surface area contributed by atoms with Crippen molar-refractivity contribution in [2.75, 3.05) is 7.11 Å². The van der Waals surface area contributed by atoms with Crippen LogP contribution in [0.15, 0.2) is 70.4 Å². The van der Waals surface area contributed by atoms with Gasteiger partial charge < -0.3 is 13.9 Å². The van der Waals surface area contributed by atoms with E-state index in [1.54, 1.807) is 75.6 Å². The van der Waals surface area contributed by atoms with Gasteiger partial charge in [-0.05, 0) is 44.5 Å². The van der Waals surface area contributed by atoms with Crippen molar-refractivity contribution < 1.29 is 22.9 Å². The fourth-order valence-electron chi connectivity index (χ4n) is 3.10. The van der Waals surface area contributed by atoms with E-state index in [2.05, 4.69) is 0 Å². The first-order valence-electron chi connectivity index (χ1n) is 9.40. The van der Waals surface area contributed by atoms with Crippen molar-refractivity contribution >= 4 is 15.7 Å². The predicted octanol–water partition coefficient (Wildman–Crippen LogP) is 5.52. The Labute approximate surface area is 176 Å². The number of carbonyl (C=O) groups is 1. The number of esters is 1. The molecule has 0 bridgehead atoms. The van der Waals surface area contributed by atoms with Gasteiger partial charge in [0.2, 0.25) is 0 Å². The molecule has 1 atom stereocenters. The third kappa shape index (κ3) is 4.74. The fraction of sp³-hybridized carbons (Fsp3) is 0.261. The third-order valence-electron chi connectivity index (χ3n) is 4.37. The molecular weight excluding hydrogens is 402 g/mol. The van der Waals surface area contributed by atoms with Crippen LogP contribution in [0.25, 0.3) is 11.1 Å². The second-order valence-electron chi connectivity index (χ2n) is 7.83. The summed E-state index contributed by atoms with van der Waals surface area (Å²) < 4.78 is 38.0. The summed E-state index contributed by atoms with van der Waals surface area (Å²) >= 11 is 0. The smallest absolute Gasteiger partial charge is 0.342 e.